The van der Waals surface area contributed by atoms with Gasteiger partial charge in [0, 0.05) is 6.26 Å². The van der Waals surface area contributed by atoms with Crippen molar-refractivity contribution in [3.8, 4) is 0 Å². The summed E-state index contributed by atoms with van der Waals surface area (Å²) in [6.07, 6.45) is 4.57. The van der Waals surface area contributed by atoms with Gasteiger partial charge < -0.3 is 4.74 Å². The maximum atomic E-state index is 12.0. The molecule has 0 heterocycles. The smallest absolute Gasteiger partial charge is 0.338 e. The van der Waals surface area contributed by atoms with Crippen molar-refractivity contribution in [3.05, 3.63) is 70.8 Å². The molecule has 0 aromatic heterocycles. The summed E-state index contributed by atoms with van der Waals surface area (Å²) in [7, 11) is -3.50. The van der Waals surface area contributed by atoms with Crippen molar-refractivity contribution in [1.29, 1.82) is 0 Å². The molecule has 0 N–H and O–H groups in total. The lowest BCUT2D eigenvalue weighted by Gasteiger charge is -2.06. The van der Waals surface area contributed by atoms with E-state index in [1.165, 1.54) is 18.2 Å². The summed E-state index contributed by atoms with van der Waals surface area (Å²) in [6.45, 7) is 0.0879. The molecule has 2 aromatic rings. The topological polar surface area (TPSA) is 60.4 Å². The van der Waals surface area contributed by atoms with E-state index in [1.807, 2.05) is 36.4 Å². The number of rotatable bonds is 5. The standard InChI is InChI=1S/C17H15ClO4S/c1-23(20,21)16-12-14(9-10-15(16)18)17(19)22-11-5-8-13-6-3-2-4-7-13/h2-10,12H,11H2,1H3/b8-5+. The predicted octanol–water partition coefficient (Wildman–Crippen LogP) is 3.61. The number of hydrogen-bond acceptors (Lipinski definition) is 4. The summed E-state index contributed by atoms with van der Waals surface area (Å²) in [5.74, 6) is -0.607. The van der Waals surface area contributed by atoms with E-state index >= 15 is 0 Å². The van der Waals surface area contributed by atoms with Gasteiger partial charge in [-0.15, -0.1) is 0 Å². The van der Waals surface area contributed by atoms with Crippen molar-refractivity contribution in [1.82, 2.24) is 0 Å². The minimum Gasteiger partial charge on any atom is -0.458 e. The fourth-order valence-electron chi connectivity index (χ4n) is 1.87. The Bertz CT molecular complexity index is 827. The summed E-state index contributed by atoms with van der Waals surface area (Å²) >= 11 is 5.84. The first-order valence-electron chi connectivity index (χ1n) is 6.76. The number of carbonyl (C=O) groups excluding carboxylic acids is 1. The van der Waals surface area contributed by atoms with Gasteiger partial charge in [0.2, 0.25) is 0 Å². The predicted molar refractivity (Wildman–Crippen MR) is 90.3 cm³/mol. The Kier molecular flexibility index (Phi) is 5.58. The summed E-state index contributed by atoms with van der Waals surface area (Å²) in [6, 6.07) is 13.6. The Morgan fingerprint density at radius 3 is 2.52 bits per heavy atom. The SMILES string of the molecule is CS(=O)(=O)c1cc(C(=O)OC/C=C/c2ccccc2)ccc1Cl. The van der Waals surface area contributed by atoms with E-state index in [0.29, 0.717) is 0 Å². The van der Waals surface area contributed by atoms with Gasteiger partial charge in [-0.3, -0.25) is 0 Å². The maximum Gasteiger partial charge on any atom is 0.338 e. The number of ether oxygens (including phenoxy) is 1. The molecule has 0 amide bonds. The van der Waals surface area contributed by atoms with Crippen LogP contribution in [0.25, 0.3) is 6.08 Å². The zero-order chi connectivity index (χ0) is 16.9. The van der Waals surface area contributed by atoms with Crippen LogP contribution in [0.4, 0.5) is 0 Å². The Hall–Kier alpha value is -2.11. The summed E-state index contributed by atoms with van der Waals surface area (Å²) < 4.78 is 28.3. The molecular weight excluding hydrogens is 336 g/mol. The second kappa shape index (κ2) is 7.44. The Morgan fingerprint density at radius 1 is 1.17 bits per heavy atom. The molecule has 0 saturated carbocycles. The molecule has 0 saturated heterocycles. The van der Waals surface area contributed by atoms with Crippen LogP contribution in [0.15, 0.2) is 59.5 Å². The first kappa shape index (κ1) is 17.2. The van der Waals surface area contributed by atoms with Crippen molar-refractivity contribution in [2.75, 3.05) is 12.9 Å². The summed E-state index contributed by atoms with van der Waals surface area (Å²) in [5.41, 5.74) is 1.14. The Morgan fingerprint density at radius 2 is 1.87 bits per heavy atom. The molecule has 0 aliphatic carbocycles. The van der Waals surface area contributed by atoms with Crippen molar-refractivity contribution in [3.63, 3.8) is 0 Å². The summed E-state index contributed by atoms with van der Waals surface area (Å²) in [4.78, 5) is 11.9. The van der Waals surface area contributed by atoms with E-state index < -0.39 is 15.8 Å². The minimum atomic E-state index is -3.50. The van der Waals surface area contributed by atoms with Gasteiger partial charge in [0.15, 0.2) is 9.84 Å². The van der Waals surface area contributed by atoms with Crippen molar-refractivity contribution in [2.24, 2.45) is 0 Å². The molecule has 2 rings (SSSR count). The molecule has 0 spiro atoms. The molecule has 6 heteroatoms. The highest BCUT2D eigenvalue weighted by Gasteiger charge is 2.16. The molecule has 0 bridgehead atoms. The quantitative estimate of drug-likeness (QED) is 0.773. The third-order valence-corrected chi connectivity index (χ3v) is 4.57. The van der Waals surface area contributed by atoms with E-state index in [4.69, 9.17) is 16.3 Å². The van der Waals surface area contributed by atoms with Crippen LogP contribution in [0.5, 0.6) is 0 Å². The molecule has 120 valence electrons. The molecule has 4 nitrogen and oxygen atoms in total. The molecule has 0 atom stereocenters. The zero-order valence-electron chi connectivity index (χ0n) is 12.4. The molecule has 0 aliphatic heterocycles. The molecule has 23 heavy (non-hydrogen) atoms. The van der Waals surface area contributed by atoms with Crippen LogP contribution in [0.3, 0.4) is 0 Å². The van der Waals surface area contributed by atoms with E-state index in [1.54, 1.807) is 6.08 Å². The third kappa shape index (κ3) is 4.94. The monoisotopic (exact) mass is 350 g/mol. The molecule has 0 aliphatic rings. The van der Waals surface area contributed by atoms with Gasteiger partial charge in [0.1, 0.15) is 6.61 Å². The fourth-order valence-corrected chi connectivity index (χ4v) is 3.17. The third-order valence-electron chi connectivity index (χ3n) is 2.99. The average molecular weight is 351 g/mol. The van der Waals surface area contributed by atoms with Crippen LogP contribution in [0.1, 0.15) is 15.9 Å². The number of benzene rings is 2. The van der Waals surface area contributed by atoms with Crippen LogP contribution in [0.2, 0.25) is 5.02 Å². The fraction of sp³-hybridized carbons (Fsp3) is 0.118. The highest BCUT2D eigenvalue weighted by molar-refractivity contribution is 7.90. The Balaban J connectivity index is 2.03. The maximum absolute atomic E-state index is 12.0. The highest BCUT2D eigenvalue weighted by atomic mass is 35.5. The van der Waals surface area contributed by atoms with Gasteiger partial charge in [0.05, 0.1) is 15.5 Å². The summed E-state index contributed by atoms with van der Waals surface area (Å²) in [5, 5.41) is 0.0769. The van der Waals surface area contributed by atoms with Gasteiger partial charge in [-0.25, -0.2) is 13.2 Å². The number of hydrogen-bond donors (Lipinski definition) is 0. The van der Waals surface area contributed by atoms with Crippen LogP contribution in [-0.4, -0.2) is 27.2 Å². The number of halogens is 1. The van der Waals surface area contributed by atoms with Crippen molar-refractivity contribution >= 4 is 33.5 Å². The largest absolute Gasteiger partial charge is 0.458 e. The van der Waals surface area contributed by atoms with Crippen LogP contribution >= 0.6 is 11.6 Å². The average Bonchev–Trinajstić information content (AvgIpc) is 2.51. The van der Waals surface area contributed by atoms with Gasteiger partial charge >= 0.3 is 5.97 Å². The highest BCUT2D eigenvalue weighted by Crippen LogP contribution is 2.22. The van der Waals surface area contributed by atoms with Crippen LogP contribution in [-0.2, 0) is 14.6 Å². The van der Waals surface area contributed by atoms with Crippen molar-refractivity contribution < 1.29 is 17.9 Å². The molecule has 0 unspecified atom stereocenters. The normalized spacial score (nSPS) is 11.6. The lowest BCUT2D eigenvalue weighted by molar-refractivity contribution is 0.0550. The second-order valence-electron chi connectivity index (χ2n) is 4.83. The zero-order valence-corrected chi connectivity index (χ0v) is 14.0. The molecule has 2 aromatic carbocycles. The van der Waals surface area contributed by atoms with E-state index in [2.05, 4.69) is 0 Å². The number of esters is 1. The molecule has 0 radical (unpaired) electrons. The van der Waals surface area contributed by atoms with Gasteiger partial charge in [0.25, 0.3) is 0 Å². The van der Waals surface area contributed by atoms with Crippen LogP contribution < -0.4 is 0 Å². The van der Waals surface area contributed by atoms with Gasteiger partial charge in [-0.2, -0.15) is 0 Å². The Labute approximate surface area is 140 Å². The number of carbonyl (C=O) groups is 1. The van der Waals surface area contributed by atoms with Gasteiger partial charge in [-0.1, -0.05) is 48.0 Å². The lowest BCUT2D eigenvalue weighted by atomic mass is 10.2. The van der Waals surface area contributed by atoms with E-state index in [0.717, 1.165) is 11.8 Å². The first-order valence-corrected chi connectivity index (χ1v) is 9.03. The molecular formula is C17H15ClO4S. The first-order chi connectivity index (χ1) is 10.9. The lowest BCUT2D eigenvalue weighted by Crippen LogP contribution is -2.07. The molecule has 0 fully saturated rings. The van der Waals surface area contributed by atoms with E-state index in [9.17, 15) is 13.2 Å². The van der Waals surface area contributed by atoms with E-state index in [-0.39, 0.29) is 22.1 Å². The van der Waals surface area contributed by atoms with Crippen molar-refractivity contribution in [2.45, 2.75) is 4.90 Å². The number of sulfone groups is 1. The van der Waals surface area contributed by atoms with Gasteiger partial charge in [-0.05, 0) is 29.8 Å². The second-order valence-corrected chi connectivity index (χ2v) is 7.22. The minimum absolute atomic E-state index is 0.0769. The van der Waals surface area contributed by atoms with Crippen LogP contribution in [0, 0.1) is 0 Å².